The van der Waals surface area contributed by atoms with Crippen LogP contribution in [-0.2, 0) is 0 Å². The molecule has 3 nitrogen and oxygen atoms in total. The molecule has 0 aromatic heterocycles. The summed E-state index contributed by atoms with van der Waals surface area (Å²) < 4.78 is -0.267. The highest BCUT2D eigenvalue weighted by Crippen LogP contribution is 2.49. The Bertz CT molecular complexity index is 570. The molecule has 1 aliphatic rings. The highest BCUT2D eigenvalue weighted by atomic mass is 79.9. The maximum atomic E-state index is 10.7. The van der Waals surface area contributed by atoms with Crippen LogP contribution in [-0.4, -0.2) is 30.1 Å². The van der Waals surface area contributed by atoms with E-state index in [0.29, 0.717) is 6.54 Å². The molecule has 1 amide bonds. The van der Waals surface area contributed by atoms with Gasteiger partial charge in [-0.05, 0) is 23.5 Å². The van der Waals surface area contributed by atoms with Crippen molar-refractivity contribution < 1.29 is 9.90 Å². The summed E-state index contributed by atoms with van der Waals surface area (Å²) in [5.74, 6) is 3.39. The summed E-state index contributed by atoms with van der Waals surface area (Å²) in [5, 5.41) is 11.2. The molecule has 5 heteroatoms. The van der Waals surface area contributed by atoms with Gasteiger partial charge in [0.25, 0.3) is 0 Å². The number of carboxylic acid groups (broad SMARTS) is 1. The summed E-state index contributed by atoms with van der Waals surface area (Å²) >= 11 is 3.93. The molecule has 0 saturated carbocycles. The summed E-state index contributed by atoms with van der Waals surface area (Å²) in [6, 6.07) is 0. The van der Waals surface area contributed by atoms with Gasteiger partial charge in [0.1, 0.15) is 8.07 Å². The Kier molecular flexibility index (Phi) is 5.75. The molecule has 0 aromatic carbocycles. The van der Waals surface area contributed by atoms with Gasteiger partial charge in [-0.1, -0.05) is 68.3 Å². The monoisotopic (exact) mass is 383 g/mol. The van der Waals surface area contributed by atoms with E-state index in [9.17, 15) is 4.79 Å². The lowest BCUT2D eigenvalue weighted by atomic mass is 9.71. The predicted octanol–water partition coefficient (Wildman–Crippen LogP) is 4.57. The van der Waals surface area contributed by atoms with Gasteiger partial charge in [0, 0.05) is 12.1 Å². The maximum absolute atomic E-state index is 10.7. The Balaban J connectivity index is 3.17. The highest BCUT2D eigenvalue weighted by molar-refractivity contribution is 9.10. The minimum atomic E-state index is -1.44. The maximum Gasteiger partial charge on any atom is 0.404 e. The lowest BCUT2D eigenvalue weighted by Gasteiger charge is -2.42. The van der Waals surface area contributed by atoms with E-state index < -0.39 is 14.2 Å². The molecule has 0 radical (unpaired) electrons. The molecule has 0 aliphatic heterocycles. The molecular formula is C17H26BrNO2Si. The molecule has 1 rings (SSSR count). The van der Waals surface area contributed by atoms with Crippen molar-refractivity contribution in [2.75, 3.05) is 6.54 Å². The molecule has 2 N–H and O–H groups in total. The van der Waals surface area contributed by atoms with Crippen LogP contribution in [0.4, 0.5) is 4.79 Å². The Labute approximate surface area is 143 Å². The van der Waals surface area contributed by atoms with Gasteiger partial charge >= 0.3 is 6.09 Å². The molecule has 0 saturated heterocycles. The minimum absolute atomic E-state index is 0.0321. The number of nitrogens with one attached hydrogen (secondary N) is 1. The predicted molar refractivity (Wildman–Crippen MR) is 99.0 cm³/mol. The van der Waals surface area contributed by atoms with Crippen LogP contribution >= 0.6 is 15.9 Å². The van der Waals surface area contributed by atoms with Crippen molar-refractivity contribution in [3.8, 4) is 11.5 Å². The Morgan fingerprint density at radius 3 is 2.45 bits per heavy atom. The van der Waals surface area contributed by atoms with E-state index in [1.807, 2.05) is 12.2 Å². The number of alkyl halides is 1. The smallest absolute Gasteiger partial charge is 0.404 e. The van der Waals surface area contributed by atoms with Crippen LogP contribution in [0.3, 0.4) is 0 Å². The lowest BCUT2D eigenvalue weighted by molar-refractivity contribution is 0.195. The van der Waals surface area contributed by atoms with Crippen LogP contribution in [0.1, 0.15) is 27.2 Å². The number of hydrogen-bond donors (Lipinski definition) is 2. The number of rotatable bonds is 2. The molecule has 122 valence electrons. The molecule has 1 aliphatic carbocycles. The number of carbonyl (C=O) groups is 1. The molecule has 0 fully saturated rings. The van der Waals surface area contributed by atoms with Gasteiger partial charge in [-0.3, -0.25) is 0 Å². The quantitative estimate of drug-likeness (QED) is 0.416. The van der Waals surface area contributed by atoms with Crippen molar-refractivity contribution in [2.24, 2.45) is 5.41 Å². The van der Waals surface area contributed by atoms with Crippen LogP contribution < -0.4 is 5.32 Å². The van der Waals surface area contributed by atoms with E-state index >= 15 is 0 Å². The second kappa shape index (κ2) is 6.63. The summed E-state index contributed by atoms with van der Waals surface area (Å²) in [5.41, 5.74) is 5.55. The molecule has 1 atom stereocenters. The van der Waals surface area contributed by atoms with Gasteiger partial charge in [-0.2, -0.15) is 0 Å². The number of allylic oxidation sites excluding steroid dienone is 3. The molecule has 0 heterocycles. The molecular weight excluding hydrogens is 358 g/mol. The second-order valence-electron chi connectivity index (χ2n) is 7.79. The summed E-state index contributed by atoms with van der Waals surface area (Å²) in [7, 11) is -1.44. The normalized spacial score (nSPS) is 22.1. The van der Waals surface area contributed by atoms with Crippen LogP contribution in [0.5, 0.6) is 0 Å². The summed E-state index contributed by atoms with van der Waals surface area (Å²) in [4.78, 5) is 10.7. The Hall–Kier alpha value is -0.993. The van der Waals surface area contributed by atoms with E-state index in [1.165, 1.54) is 0 Å². The van der Waals surface area contributed by atoms with E-state index in [2.05, 4.69) is 73.1 Å². The summed E-state index contributed by atoms with van der Waals surface area (Å²) in [6.45, 7) is 13.6. The van der Waals surface area contributed by atoms with E-state index in [0.717, 1.165) is 17.6 Å². The van der Waals surface area contributed by atoms with Gasteiger partial charge in [0.2, 0.25) is 0 Å². The molecule has 0 aromatic rings. The molecule has 0 bridgehead atoms. The van der Waals surface area contributed by atoms with Gasteiger partial charge in [-0.15, -0.1) is 5.54 Å². The molecule has 0 spiro atoms. The number of halogens is 1. The number of amides is 1. The van der Waals surface area contributed by atoms with Crippen molar-refractivity contribution in [1.29, 1.82) is 0 Å². The van der Waals surface area contributed by atoms with Crippen LogP contribution in [0.15, 0.2) is 23.3 Å². The first-order chi connectivity index (χ1) is 9.85. The fourth-order valence-corrected chi connectivity index (χ4v) is 3.28. The van der Waals surface area contributed by atoms with E-state index in [-0.39, 0.29) is 9.74 Å². The topological polar surface area (TPSA) is 49.3 Å². The average Bonchev–Trinajstić information content (AvgIpc) is 2.32. The van der Waals surface area contributed by atoms with Gasteiger partial charge in [0.05, 0.1) is 4.32 Å². The van der Waals surface area contributed by atoms with Crippen molar-refractivity contribution in [2.45, 2.75) is 51.2 Å². The zero-order valence-electron chi connectivity index (χ0n) is 14.3. The van der Waals surface area contributed by atoms with Gasteiger partial charge in [0.15, 0.2) is 0 Å². The Morgan fingerprint density at radius 1 is 1.41 bits per heavy atom. The third-order valence-electron chi connectivity index (χ3n) is 3.61. The standard InChI is InChI=1S/C17H26BrNO2Si/c1-16(2,3)17(18)11-13(12-19-15(20)21)7-8-14(17)9-10-22(4,5)6/h7-8,19H,11-12H2,1-6H3,(H,20,21). The van der Waals surface area contributed by atoms with Crippen LogP contribution in [0, 0.1) is 16.9 Å². The third-order valence-corrected chi connectivity index (χ3v) is 6.38. The molecule has 22 heavy (non-hydrogen) atoms. The first kappa shape index (κ1) is 19.1. The van der Waals surface area contributed by atoms with Crippen LogP contribution in [0.25, 0.3) is 0 Å². The highest BCUT2D eigenvalue weighted by Gasteiger charge is 2.44. The molecule has 1 unspecified atom stereocenters. The lowest BCUT2D eigenvalue weighted by Crippen LogP contribution is -2.41. The first-order valence-electron chi connectivity index (χ1n) is 7.44. The van der Waals surface area contributed by atoms with Gasteiger partial charge in [-0.25, -0.2) is 4.79 Å². The zero-order valence-corrected chi connectivity index (χ0v) is 16.9. The van der Waals surface area contributed by atoms with Gasteiger partial charge < -0.3 is 10.4 Å². The van der Waals surface area contributed by atoms with Crippen molar-refractivity contribution in [1.82, 2.24) is 5.32 Å². The van der Waals surface area contributed by atoms with Crippen molar-refractivity contribution in [3.05, 3.63) is 23.3 Å². The van der Waals surface area contributed by atoms with E-state index in [1.54, 1.807) is 0 Å². The zero-order chi connectivity index (χ0) is 17.2. The fourth-order valence-electron chi connectivity index (χ4n) is 2.18. The minimum Gasteiger partial charge on any atom is -0.465 e. The summed E-state index contributed by atoms with van der Waals surface area (Å²) in [6.07, 6.45) is 3.79. The Morgan fingerprint density at radius 2 is 2.00 bits per heavy atom. The van der Waals surface area contributed by atoms with Crippen molar-refractivity contribution >= 4 is 30.1 Å². The number of hydrogen-bond acceptors (Lipinski definition) is 1. The average molecular weight is 384 g/mol. The third kappa shape index (κ3) is 5.03. The first-order valence-corrected chi connectivity index (χ1v) is 11.7. The SMILES string of the molecule is CC(C)(C)C1(Br)CC(CNC(=O)O)=CC=C1C#C[Si](C)(C)C. The van der Waals surface area contributed by atoms with E-state index in [4.69, 9.17) is 5.11 Å². The van der Waals surface area contributed by atoms with Crippen LogP contribution in [0.2, 0.25) is 19.6 Å². The van der Waals surface area contributed by atoms with Crippen molar-refractivity contribution in [3.63, 3.8) is 0 Å². The largest absolute Gasteiger partial charge is 0.465 e. The second-order valence-corrected chi connectivity index (χ2v) is 13.9. The fraction of sp³-hybridized carbons (Fsp3) is 0.588.